The van der Waals surface area contributed by atoms with Gasteiger partial charge in [0.1, 0.15) is 17.8 Å². The molecule has 126 valence electrons. The summed E-state index contributed by atoms with van der Waals surface area (Å²) in [4.78, 5) is 31.1. The molecule has 1 heterocycles. The molecule has 8 heteroatoms. The number of ether oxygens (including phenoxy) is 1. The number of nitrogens with zero attached hydrogens (tertiary/aromatic N) is 2. The maximum absolute atomic E-state index is 12.0. The van der Waals surface area contributed by atoms with Crippen molar-refractivity contribution < 1.29 is 14.3 Å². The molecule has 1 aromatic carbocycles. The summed E-state index contributed by atoms with van der Waals surface area (Å²) in [7, 11) is 1.56. The van der Waals surface area contributed by atoms with Crippen molar-refractivity contribution in [1.29, 1.82) is 0 Å². The van der Waals surface area contributed by atoms with Gasteiger partial charge in [-0.2, -0.15) is 0 Å². The van der Waals surface area contributed by atoms with Gasteiger partial charge in [0.25, 0.3) is 5.91 Å². The SMILES string of the molecule is COCCNC(=O)c1cc(Nc2cccc(NC(C)=O)c2)ncn1. The van der Waals surface area contributed by atoms with E-state index >= 15 is 0 Å². The summed E-state index contributed by atoms with van der Waals surface area (Å²) < 4.78 is 4.88. The lowest BCUT2D eigenvalue weighted by Crippen LogP contribution is -2.27. The van der Waals surface area contributed by atoms with Crippen molar-refractivity contribution in [2.75, 3.05) is 30.9 Å². The molecule has 0 aliphatic rings. The molecule has 0 spiro atoms. The summed E-state index contributed by atoms with van der Waals surface area (Å²) in [6.07, 6.45) is 1.31. The van der Waals surface area contributed by atoms with Crippen LogP contribution in [0.5, 0.6) is 0 Å². The smallest absolute Gasteiger partial charge is 0.270 e. The molecule has 0 fully saturated rings. The third kappa shape index (κ3) is 5.33. The largest absolute Gasteiger partial charge is 0.383 e. The second-order valence-electron chi connectivity index (χ2n) is 4.92. The van der Waals surface area contributed by atoms with Gasteiger partial charge in [-0.15, -0.1) is 0 Å². The number of methoxy groups -OCH3 is 1. The zero-order chi connectivity index (χ0) is 17.4. The number of hydrogen-bond acceptors (Lipinski definition) is 6. The van der Waals surface area contributed by atoms with Gasteiger partial charge in [-0.25, -0.2) is 9.97 Å². The van der Waals surface area contributed by atoms with Gasteiger partial charge < -0.3 is 20.7 Å². The molecule has 0 saturated heterocycles. The van der Waals surface area contributed by atoms with E-state index < -0.39 is 0 Å². The lowest BCUT2D eigenvalue weighted by atomic mass is 10.2. The van der Waals surface area contributed by atoms with Crippen LogP contribution in [0.25, 0.3) is 0 Å². The third-order valence-corrected chi connectivity index (χ3v) is 2.95. The maximum atomic E-state index is 12.0. The second-order valence-corrected chi connectivity index (χ2v) is 4.92. The molecular weight excluding hydrogens is 310 g/mol. The lowest BCUT2D eigenvalue weighted by Gasteiger charge is -2.09. The minimum absolute atomic E-state index is 0.149. The standard InChI is InChI=1S/C16H19N5O3/c1-11(22)20-12-4-3-5-13(8-12)21-15-9-14(18-10-19-15)16(23)17-6-7-24-2/h3-5,8-10H,6-7H2,1-2H3,(H,17,23)(H,20,22)(H,18,19,21). The van der Waals surface area contributed by atoms with Gasteiger partial charge in [0.15, 0.2) is 0 Å². The Balaban J connectivity index is 2.06. The summed E-state index contributed by atoms with van der Waals surface area (Å²) in [5.74, 6) is 0.0237. The van der Waals surface area contributed by atoms with Crippen molar-refractivity contribution in [3.63, 3.8) is 0 Å². The number of carbonyl (C=O) groups is 2. The quantitative estimate of drug-likeness (QED) is 0.666. The Morgan fingerprint density at radius 3 is 2.71 bits per heavy atom. The van der Waals surface area contributed by atoms with E-state index in [0.717, 1.165) is 5.69 Å². The monoisotopic (exact) mass is 329 g/mol. The van der Waals surface area contributed by atoms with Crippen molar-refractivity contribution in [3.05, 3.63) is 42.4 Å². The summed E-state index contributed by atoms with van der Waals surface area (Å²) >= 11 is 0. The summed E-state index contributed by atoms with van der Waals surface area (Å²) in [5.41, 5.74) is 1.64. The van der Waals surface area contributed by atoms with Crippen LogP contribution in [0.4, 0.5) is 17.2 Å². The fraction of sp³-hybridized carbons (Fsp3) is 0.250. The number of benzene rings is 1. The minimum atomic E-state index is -0.301. The molecular formula is C16H19N5O3. The topological polar surface area (TPSA) is 105 Å². The highest BCUT2D eigenvalue weighted by Gasteiger charge is 2.08. The first-order valence-corrected chi connectivity index (χ1v) is 7.32. The van der Waals surface area contributed by atoms with E-state index in [0.29, 0.717) is 24.7 Å². The first-order valence-electron chi connectivity index (χ1n) is 7.32. The van der Waals surface area contributed by atoms with Gasteiger partial charge in [0.2, 0.25) is 5.91 Å². The van der Waals surface area contributed by atoms with Gasteiger partial charge in [-0.05, 0) is 18.2 Å². The number of rotatable bonds is 7. The second kappa shape index (κ2) is 8.59. The van der Waals surface area contributed by atoms with Gasteiger partial charge in [-0.1, -0.05) is 6.07 Å². The summed E-state index contributed by atoms with van der Waals surface area (Å²) in [6.45, 7) is 2.28. The van der Waals surface area contributed by atoms with E-state index in [2.05, 4.69) is 25.9 Å². The molecule has 0 aliphatic carbocycles. The fourth-order valence-corrected chi connectivity index (χ4v) is 1.93. The fourth-order valence-electron chi connectivity index (χ4n) is 1.93. The van der Waals surface area contributed by atoms with Gasteiger partial charge in [-0.3, -0.25) is 9.59 Å². The highest BCUT2D eigenvalue weighted by Crippen LogP contribution is 2.19. The van der Waals surface area contributed by atoms with Crippen molar-refractivity contribution >= 4 is 29.0 Å². The van der Waals surface area contributed by atoms with E-state index in [1.807, 2.05) is 6.07 Å². The van der Waals surface area contributed by atoms with Crippen LogP contribution in [0.1, 0.15) is 17.4 Å². The molecule has 2 rings (SSSR count). The zero-order valence-electron chi connectivity index (χ0n) is 13.5. The van der Waals surface area contributed by atoms with E-state index in [4.69, 9.17) is 4.74 Å². The van der Waals surface area contributed by atoms with Gasteiger partial charge in [0.05, 0.1) is 6.61 Å². The van der Waals surface area contributed by atoms with Crippen molar-refractivity contribution in [1.82, 2.24) is 15.3 Å². The predicted molar refractivity (Wildman–Crippen MR) is 90.3 cm³/mol. The van der Waals surface area contributed by atoms with Crippen molar-refractivity contribution in [2.45, 2.75) is 6.92 Å². The molecule has 1 aromatic heterocycles. The molecule has 0 saturated carbocycles. The van der Waals surface area contributed by atoms with Crippen LogP contribution in [0, 0.1) is 0 Å². The first-order chi connectivity index (χ1) is 11.6. The maximum Gasteiger partial charge on any atom is 0.270 e. The average molecular weight is 329 g/mol. The number of amides is 2. The molecule has 0 radical (unpaired) electrons. The van der Waals surface area contributed by atoms with Crippen LogP contribution in [-0.2, 0) is 9.53 Å². The Kier molecular flexibility index (Phi) is 6.21. The van der Waals surface area contributed by atoms with Crippen LogP contribution in [-0.4, -0.2) is 42.0 Å². The first kappa shape index (κ1) is 17.4. The Labute approximate surface area is 139 Å². The number of carbonyl (C=O) groups excluding carboxylic acids is 2. The van der Waals surface area contributed by atoms with Crippen LogP contribution in [0.15, 0.2) is 36.7 Å². The predicted octanol–water partition coefficient (Wildman–Crippen LogP) is 1.55. The molecule has 0 aliphatic heterocycles. The van der Waals surface area contributed by atoms with Crippen molar-refractivity contribution in [3.8, 4) is 0 Å². The molecule has 0 bridgehead atoms. The van der Waals surface area contributed by atoms with E-state index in [1.54, 1.807) is 31.4 Å². The number of aromatic nitrogens is 2. The van der Waals surface area contributed by atoms with Crippen LogP contribution in [0.3, 0.4) is 0 Å². The molecule has 2 amide bonds. The molecule has 2 aromatic rings. The third-order valence-electron chi connectivity index (χ3n) is 2.95. The highest BCUT2D eigenvalue weighted by atomic mass is 16.5. The molecule has 3 N–H and O–H groups in total. The molecule has 0 unspecified atom stereocenters. The van der Waals surface area contributed by atoms with E-state index in [9.17, 15) is 9.59 Å². The Bertz CT molecular complexity index is 720. The lowest BCUT2D eigenvalue weighted by molar-refractivity contribution is -0.114. The van der Waals surface area contributed by atoms with Crippen LogP contribution < -0.4 is 16.0 Å². The Morgan fingerprint density at radius 2 is 1.96 bits per heavy atom. The number of anilines is 3. The molecule has 24 heavy (non-hydrogen) atoms. The molecule has 0 atom stereocenters. The van der Waals surface area contributed by atoms with E-state index in [-0.39, 0.29) is 17.5 Å². The highest BCUT2D eigenvalue weighted by molar-refractivity contribution is 5.93. The van der Waals surface area contributed by atoms with Crippen molar-refractivity contribution in [2.24, 2.45) is 0 Å². The van der Waals surface area contributed by atoms with E-state index in [1.165, 1.54) is 13.3 Å². The number of hydrogen-bond donors (Lipinski definition) is 3. The normalized spacial score (nSPS) is 10.1. The summed E-state index contributed by atoms with van der Waals surface area (Å²) in [6, 6.07) is 8.72. The van der Waals surface area contributed by atoms with Crippen LogP contribution >= 0.6 is 0 Å². The van der Waals surface area contributed by atoms with Gasteiger partial charge >= 0.3 is 0 Å². The Morgan fingerprint density at radius 1 is 1.17 bits per heavy atom. The number of nitrogens with one attached hydrogen (secondary N) is 3. The van der Waals surface area contributed by atoms with Gasteiger partial charge in [0, 0.05) is 38.0 Å². The average Bonchev–Trinajstić information content (AvgIpc) is 2.55. The molecule has 8 nitrogen and oxygen atoms in total. The minimum Gasteiger partial charge on any atom is -0.383 e. The zero-order valence-corrected chi connectivity index (χ0v) is 13.5. The van der Waals surface area contributed by atoms with Crippen LogP contribution in [0.2, 0.25) is 0 Å². The summed E-state index contributed by atoms with van der Waals surface area (Å²) in [5, 5.41) is 8.47. The Hall–Kier alpha value is -3.00.